The molecular weight excluding hydrogens is 358 g/mol. The van der Waals surface area contributed by atoms with E-state index in [0.717, 1.165) is 12.8 Å². The minimum absolute atomic E-state index is 0.0398. The third kappa shape index (κ3) is 2.71. The molecule has 5 rings (SSSR count). The molecule has 2 aromatic carbocycles. The van der Waals surface area contributed by atoms with Crippen molar-refractivity contribution in [1.82, 2.24) is 0 Å². The Morgan fingerprint density at radius 3 is 2.57 bits per heavy atom. The lowest BCUT2D eigenvalue weighted by Gasteiger charge is -2.23. The van der Waals surface area contributed by atoms with Crippen molar-refractivity contribution in [2.75, 3.05) is 12.4 Å². The topological polar surface area (TPSA) is 73.9 Å². The molecule has 1 amide bonds. The van der Waals surface area contributed by atoms with E-state index < -0.39 is 0 Å². The standard InChI is InChI=1S/C22H21NO5/c1-26-16-4-2-3-5-17(16)27-14-8-6-13(7-9-14)23-21(24)19-12-10-15-18(11-12)28-22(25)20(15)19/h2-9,12,15,18-20H,10-11H2,1H3,(H,23,24)/t12-,15+,18-,19-,20-/m1/s1. The van der Waals surface area contributed by atoms with Crippen molar-refractivity contribution in [3.63, 3.8) is 0 Å². The monoisotopic (exact) mass is 379 g/mol. The van der Waals surface area contributed by atoms with Gasteiger partial charge in [-0.05, 0) is 55.2 Å². The summed E-state index contributed by atoms with van der Waals surface area (Å²) in [5, 5.41) is 2.96. The van der Waals surface area contributed by atoms with Gasteiger partial charge in [-0.15, -0.1) is 0 Å². The van der Waals surface area contributed by atoms with Crippen molar-refractivity contribution in [2.24, 2.45) is 23.7 Å². The van der Waals surface area contributed by atoms with Gasteiger partial charge in [0.2, 0.25) is 5.91 Å². The molecule has 3 aliphatic rings. The van der Waals surface area contributed by atoms with Gasteiger partial charge in [0.15, 0.2) is 11.5 Å². The summed E-state index contributed by atoms with van der Waals surface area (Å²) in [6.45, 7) is 0. The number of esters is 1. The highest BCUT2D eigenvalue weighted by atomic mass is 16.6. The normalized spacial score (nSPS) is 29.5. The molecule has 144 valence electrons. The zero-order valence-corrected chi connectivity index (χ0v) is 15.5. The first-order chi connectivity index (χ1) is 13.6. The fourth-order valence-electron chi connectivity index (χ4n) is 5.03. The van der Waals surface area contributed by atoms with Gasteiger partial charge in [0, 0.05) is 11.6 Å². The number of para-hydroxylation sites is 2. The predicted molar refractivity (Wildman–Crippen MR) is 101 cm³/mol. The molecular formula is C22H21NO5. The maximum atomic E-state index is 12.8. The SMILES string of the molecule is COc1ccccc1Oc1ccc(NC(=O)[C@@H]2[C@@H]3C[C@@H]4[C@H]2C(=O)O[C@@H]4C3)cc1. The fraction of sp³-hybridized carbons (Fsp3) is 0.364. The molecule has 1 N–H and O–H groups in total. The van der Waals surface area contributed by atoms with Crippen LogP contribution in [-0.4, -0.2) is 25.1 Å². The fourth-order valence-corrected chi connectivity index (χ4v) is 5.03. The number of amides is 1. The van der Waals surface area contributed by atoms with Crippen molar-refractivity contribution in [3.05, 3.63) is 48.5 Å². The Morgan fingerprint density at radius 1 is 1.07 bits per heavy atom. The van der Waals surface area contributed by atoms with E-state index in [2.05, 4.69) is 5.32 Å². The average molecular weight is 379 g/mol. The number of carbonyl (C=O) groups is 2. The van der Waals surface area contributed by atoms with Crippen LogP contribution in [0.15, 0.2) is 48.5 Å². The average Bonchev–Trinajstić information content (AvgIpc) is 3.32. The summed E-state index contributed by atoms with van der Waals surface area (Å²) in [4.78, 5) is 24.9. The van der Waals surface area contributed by atoms with Gasteiger partial charge in [0.1, 0.15) is 11.9 Å². The van der Waals surface area contributed by atoms with Crippen molar-refractivity contribution < 1.29 is 23.8 Å². The molecule has 2 saturated carbocycles. The second-order valence-electron chi connectivity index (χ2n) is 7.69. The summed E-state index contributed by atoms with van der Waals surface area (Å²) in [5.41, 5.74) is 0.683. The number of fused-ring (bicyclic) bond motifs is 1. The molecule has 0 radical (unpaired) electrons. The van der Waals surface area contributed by atoms with E-state index in [4.69, 9.17) is 14.2 Å². The minimum Gasteiger partial charge on any atom is -0.493 e. The number of methoxy groups -OCH3 is 1. The number of hydrogen-bond acceptors (Lipinski definition) is 5. The molecule has 0 spiro atoms. The summed E-state index contributed by atoms with van der Waals surface area (Å²) in [7, 11) is 1.60. The highest BCUT2D eigenvalue weighted by molar-refractivity contribution is 5.97. The second-order valence-corrected chi connectivity index (χ2v) is 7.69. The summed E-state index contributed by atoms with van der Waals surface area (Å²) in [5.74, 6) is 1.56. The number of hydrogen-bond donors (Lipinski definition) is 1. The Labute approximate surface area is 162 Å². The van der Waals surface area contributed by atoms with Crippen molar-refractivity contribution >= 4 is 17.6 Å². The van der Waals surface area contributed by atoms with Crippen LogP contribution in [0.25, 0.3) is 0 Å². The van der Waals surface area contributed by atoms with Crippen LogP contribution in [0.4, 0.5) is 5.69 Å². The smallest absolute Gasteiger partial charge is 0.310 e. The molecule has 1 aliphatic heterocycles. The Morgan fingerprint density at radius 2 is 1.82 bits per heavy atom. The number of benzene rings is 2. The number of anilines is 1. The highest BCUT2D eigenvalue weighted by Crippen LogP contribution is 2.57. The second kappa shape index (κ2) is 6.55. The van der Waals surface area contributed by atoms with Crippen molar-refractivity contribution in [3.8, 4) is 17.2 Å². The Balaban J connectivity index is 1.27. The van der Waals surface area contributed by atoms with Crippen LogP contribution in [0.5, 0.6) is 17.2 Å². The van der Waals surface area contributed by atoms with Gasteiger partial charge < -0.3 is 19.5 Å². The molecule has 2 aliphatic carbocycles. The molecule has 6 heteroatoms. The van der Waals surface area contributed by atoms with Gasteiger partial charge in [0.25, 0.3) is 0 Å². The van der Waals surface area contributed by atoms with Gasteiger partial charge in [-0.2, -0.15) is 0 Å². The quantitative estimate of drug-likeness (QED) is 0.803. The number of carbonyl (C=O) groups excluding carboxylic acids is 2. The van der Waals surface area contributed by atoms with Crippen LogP contribution in [0, 0.1) is 23.7 Å². The molecule has 2 bridgehead atoms. The summed E-state index contributed by atoms with van der Waals surface area (Å²) in [6, 6.07) is 14.6. The largest absolute Gasteiger partial charge is 0.493 e. The van der Waals surface area contributed by atoms with Gasteiger partial charge >= 0.3 is 5.97 Å². The maximum absolute atomic E-state index is 12.8. The first-order valence-electron chi connectivity index (χ1n) is 9.56. The maximum Gasteiger partial charge on any atom is 0.310 e. The van der Waals surface area contributed by atoms with Gasteiger partial charge in [-0.1, -0.05) is 12.1 Å². The predicted octanol–water partition coefficient (Wildman–Crippen LogP) is 3.62. The van der Waals surface area contributed by atoms with Gasteiger partial charge in [-0.25, -0.2) is 0 Å². The Kier molecular flexibility index (Phi) is 4.00. The molecule has 5 atom stereocenters. The lowest BCUT2D eigenvalue weighted by molar-refractivity contribution is -0.145. The molecule has 0 aromatic heterocycles. The molecule has 2 aromatic rings. The summed E-state index contributed by atoms with van der Waals surface area (Å²) in [6.07, 6.45) is 1.78. The van der Waals surface area contributed by atoms with E-state index in [-0.39, 0.29) is 41.7 Å². The van der Waals surface area contributed by atoms with Crippen LogP contribution in [0.3, 0.4) is 0 Å². The Bertz CT molecular complexity index is 923. The zero-order valence-electron chi connectivity index (χ0n) is 15.5. The number of ether oxygens (including phenoxy) is 3. The van der Waals surface area contributed by atoms with E-state index in [0.29, 0.717) is 22.9 Å². The molecule has 0 unspecified atom stereocenters. The first-order valence-corrected chi connectivity index (χ1v) is 9.56. The molecule has 1 heterocycles. The third-order valence-electron chi connectivity index (χ3n) is 6.20. The van der Waals surface area contributed by atoms with Crippen LogP contribution in [-0.2, 0) is 14.3 Å². The minimum atomic E-state index is -0.277. The van der Waals surface area contributed by atoms with E-state index in [1.807, 2.05) is 24.3 Å². The van der Waals surface area contributed by atoms with Gasteiger partial charge in [0.05, 0.1) is 18.9 Å². The van der Waals surface area contributed by atoms with Crippen molar-refractivity contribution in [2.45, 2.75) is 18.9 Å². The molecule has 6 nitrogen and oxygen atoms in total. The van der Waals surface area contributed by atoms with Crippen LogP contribution in [0.2, 0.25) is 0 Å². The van der Waals surface area contributed by atoms with Gasteiger partial charge in [-0.3, -0.25) is 9.59 Å². The number of nitrogens with one attached hydrogen (secondary N) is 1. The summed E-state index contributed by atoms with van der Waals surface area (Å²) < 4.78 is 16.6. The van der Waals surface area contributed by atoms with E-state index in [9.17, 15) is 9.59 Å². The van der Waals surface area contributed by atoms with E-state index in [1.54, 1.807) is 31.4 Å². The van der Waals surface area contributed by atoms with Crippen molar-refractivity contribution in [1.29, 1.82) is 0 Å². The molecule has 1 saturated heterocycles. The molecule has 3 fully saturated rings. The number of rotatable bonds is 5. The first kappa shape index (κ1) is 17.1. The van der Waals surface area contributed by atoms with Crippen LogP contribution >= 0.6 is 0 Å². The van der Waals surface area contributed by atoms with E-state index in [1.165, 1.54) is 0 Å². The third-order valence-corrected chi connectivity index (χ3v) is 6.20. The highest BCUT2D eigenvalue weighted by Gasteiger charge is 2.63. The Hall–Kier alpha value is -3.02. The van der Waals surface area contributed by atoms with Crippen LogP contribution in [0.1, 0.15) is 12.8 Å². The summed E-state index contributed by atoms with van der Waals surface area (Å²) >= 11 is 0. The molecule has 28 heavy (non-hydrogen) atoms. The lowest BCUT2D eigenvalue weighted by atomic mass is 9.79. The zero-order chi connectivity index (χ0) is 19.3. The van der Waals surface area contributed by atoms with Crippen LogP contribution < -0.4 is 14.8 Å². The van der Waals surface area contributed by atoms with E-state index >= 15 is 0 Å². The lowest BCUT2D eigenvalue weighted by Crippen LogP contribution is -2.35.